The maximum Gasteiger partial charge on any atom is 0.195 e. The molecular formula is C34H22N2O2S2. The van der Waals surface area contributed by atoms with Gasteiger partial charge in [0.2, 0.25) is 0 Å². The zero-order chi connectivity index (χ0) is 28.3. The van der Waals surface area contributed by atoms with Gasteiger partial charge in [0.15, 0.2) is 15.6 Å². The van der Waals surface area contributed by atoms with Crippen LogP contribution in [0.1, 0.15) is 25.0 Å². The zero-order valence-electron chi connectivity index (χ0n) is 21.8. The minimum atomic E-state index is -1.46. The van der Waals surface area contributed by atoms with Crippen molar-refractivity contribution in [2.75, 3.05) is 0 Å². The van der Waals surface area contributed by atoms with Crippen LogP contribution < -0.4 is 0 Å². The summed E-state index contributed by atoms with van der Waals surface area (Å²) in [5.74, 6) is 0. The van der Waals surface area contributed by atoms with Crippen LogP contribution in [0.15, 0.2) is 124 Å². The summed E-state index contributed by atoms with van der Waals surface area (Å²) >= 11 is 2.38. The molecule has 0 unspecified atom stereocenters. The van der Waals surface area contributed by atoms with Gasteiger partial charge in [0.1, 0.15) is 0 Å². The third-order valence-corrected chi connectivity index (χ3v) is 8.22. The molecule has 0 fully saturated rings. The van der Waals surface area contributed by atoms with Crippen LogP contribution in [0.25, 0.3) is 22.3 Å². The highest BCUT2D eigenvalue weighted by molar-refractivity contribution is 8.13. The molecule has 0 radical (unpaired) electrons. The Morgan fingerprint density at radius 2 is 1.15 bits per heavy atom. The Bertz CT molecular complexity index is 1760. The highest BCUT2D eigenvalue weighted by atomic mass is 32.2. The van der Waals surface area contributed by atoms with Crippen molar-refractivity contribution >= 4 is 44.9 Å². The van der Waals surface area contributed by atoms with Crippen LogP contribution in [0.2, 0.25) is 0 Å². The summed E-state index contributed by atoms with van der Waals surface area (Å²) in [6.07, 6.45) is 7.48. The van der Waals surface area contributed by atoms with Crippen molar-refractivity contribution in [3.8, 4) is 23.3 Å². The summed E-state index contributed by atoms with van der Waals surface area (Å²) in [6, 6.07) is 27.9. The first-order valence-electron chi connectivity index (χ1n) is 12.5. The number of nitrogens with zero attached hydrogens (tertiary/aromatic N) is 2. The number of hydrogen-bond donors (Lipinski definition) is 0. The van der Waals surface area contributed by atoms with Gasteiger partial charge in [-0.15, -0.1) is 5.73 Å². The van der Waals surface area contributed by atoms with Gasteiger partial charge in [0.25, 0.3) is 0 Å². The second-order valence-corrected chi connectivity index (χ2v) is 11.8. The SMILES string of the molecule is CC(=O)Sc1ccc(C2=CC=C3C(=C=C2)C=C(c2ccc(-c4ccc(SC(C)=O)cc4)cc2)C3(C#N)C#N)cc1. The molecule has 192 valence electrons. The standard InChI is InChI=1S/C34H22N2O2S2/c1-22(37)39-30-14-9-26(10-15-30)24-3-6-28(7-4-24)33-19-29-8-5-25(13-18-32(29)34(33,20-35)21-36)27-11-16-31(17-12-27)40-23(2)38/h3-7,9-19H,1-2H3. The zero-order valence-corrected chi connectivity index (χ0v) is 23.4. The third kappa shape index (κ3) is 5.30. The quantitative estimate of drug-likeness (QED) is 0.234. The molecule has 0 heterocycles. The first-order chi connectivity index (χ1) is 19.3. The Labute approximate surface area is 241 Å². The monoisotopic (exact) mass is 554 g/mol. The van der Waals surface area contributed by atoms with Gasteiger partial charge in [-0.05, 0) is 69.8 Å². The fourth-order valence-corrected chi connectivity index (χ4v) is 5.95. The van der Waals surface area contributed by atoms with Gasteiger partial charge in [-0.3, -0.25) is 9.59 Å². The van der Waals surface area contributed by atoms with Gasteiger partial charge >= 0.3 is 0 Å². The average Bonchev–Trinajstić information content (AvgIpc) is 3.11. The molecule has 40 heavy (non-hydrogen) atoms. The summed E-state index contributed by atoms with van der Waals surface area (Å²) in [6.45, 7) is 3.08. The summed E-state index contributed by atoms with van der Waals surface area (Å²) < 4.78 is 0. The van der Waals surface area contributed by atoms with E-state index in [4.69, 9.17) is 0 Å². The van der Waals surface area contributed by atoms with E-state index in [-0.39, 0.29) is 10.2 Å². The fraction of sp³-hybridized carbons (Fsp3) is 0.0882. The number of fused-ring (bicyclic) bond motifs is 1. The number of carbonyl (C=O) groups is 2. The second-order valence-electron chi connectivity index (χ2n) is 9.25. The molecule has 4 nitrogen and oxygen atoms in total. The van der Waals surface area contributed by atoms with Crippen LogP contribution in [-0.4, -0.2) is 10.2 Å². The Hall–Kier alpha value is -4.58. The first kappa shape index (κ1) is 27.0. The fourth-order valence-electron chi connectivity index (χ4n) is 4.74. The number of thioether (sulfide) groups is 2. The van der Waals surface area contributed by atoms with E-state index in [0.717, 1.165) is 37.6 Å². The third-order valence-electron chi connectivity index (χ3n) is 6.63. The van der Waals surface area contributed by atoms with E-state index in [1.807, 2.05) is 97.1 Å². The van der Waals surface area contributed by atoms with E-state index in [1.165, 1.54) is 30.4 Å². The summed E-state index contributed by atoms with van der Waals surface area (Å²) in [4.78, 5) is 24.5. The molecule has 2 aliphatic rings. The molecule has 0 aromatic heterocycles. The van der Waals surface area contributed by atoms with E-state index in [1.54, 1.807) is 6.92 Å². The molecule has 0 amide bonds. The van der Waals surface area contributed by atoms with Crippen molar-refractivity contribution < 1.29 is 9.59 Å². The van der Waals surface area contributed by atoms with Crippen molar-refractivity contribution in [2.24, 2.45) is 5.41 Å². The number of nitriles is 2. The second kappa shape index (κ2) is 11.3. The predicted molar refractivity (Wildman–Crippen MR) is 161 cm³/mol. The molecule has 2 aliphatic carbocycles. The van der Waals surface area contributed by atoms with Crippen LogP contribution in [0.3, 0.4) is 0 Å². The van der Waals surface area contributed by atoms with Crippen molar-refractivity contribution in [3.63, 3.8) is 0 Å². The first-order valence-corrected chi connectivity index (χ1v) is 14.1. The summed E-state index contributed by atoms with van der Waals surface area (Å²) in [7, 11) is 0. The number of rotatable bonds is 5. The maximum atomic E-state index is 11.4. The van der Waals surface area contributed by atoms with Crippen LogP contribution in [0.4, 0.5) is 0 Å². The Balaban J connectivity index is 1.46. The van der Waals surface area contributed by atoms with E-state index in [2.05, 4.69) is 17.9 Å². The van der Waals surface area contributed by atoms with Gasteiger partial charge in [-0.25, -0.2) is 0 Å². The molecule has 0 spiro atoms. The molecule has 3 aromatic carbocycles. The van der Waals surface area contributed by atoms with E-state index >= 15 is 0 Å². The summed E-state index contributed by atoms with van der Waals surface area (Å²) in [5, 5.41) is 20.7. The van der Waals surface area contributed by atoms with Crippen molar-refractivity contribution in [1.82, 2.24) is 0 Å². The predicted octanol–water partition coefficient (Wildman–Crippen LogP) is 8.17. The number of hydrogen-bond acceptors (Lipinski definition) is 6. The average molecular weight is 555 g/mol. The number of allylic oxidation sites excluding steroid dienone is 7. The molecule has 0 atom stereocenters. The van der Waals surface area contributed by atoms with Crippen molar-refractivity contribution in [1.29, 1.82) is 10.5 Å². The lowest BCUT2D eigenvalue weighted by atomic mass is 9.76. The minimum Gasteiger partial charge on any atom is -0.287 e. The smallest absolute Gasteiger partial charge is 0.195 e. The van der Waals surface area contributed by atoms with Crippen LogP contribution in [-0.2, 0) is 9.59 Å². The molecule has 0 saturated heterocycles. The topological polar surface area (TPSA) is 81.7 Å². The number of benzene rings is 3. The van der Waals surface area contributed by atoms with Crippen LogP contribution in [0, 0.1) is 28.1 Å². The Morgan fingerprint density at radius 1 is 0.675 bits per heavy atom. The van der Waals surface area contributed by atoms with Crippen molar-refractivity contribution in [3.05, 3.63) is 125 Å². The van der Waals surface area contributed by atoms with Gasteiger partial charge in [0, 0.05) is 34.8 Å². The Kier molecular flexibility index (Phi) is 7.60. The van der Waals surface area contributed by atoms with E-state index in [0.29, 0.717) is 16.7 Å². The Morgan fingerprint density at radius 3 is 1.65 bits per heavy atom. The summed E-state index contributed by atoms with van der Waals surface area (Å²) in [5.41, 5.74) is 8.42. The van der Waals surface area contributed by atoms with E-state index < -0.39 is 5.41 Å². The molecule has 5 rings (SSSR count). The molecular weight excluding hydrogens is 533 g/mol. The lowest BCUT2D eigenvalue weighted by molar-refractivity contribution is -0.109. The van der Waals surface area contributed by atoms with Crippen molar-refractivity contribution in [2.45, 2.75) is 23.6 Å². The van der Waals surface area contributed by atoms with Crippen LogP contribution >= 0.6 is 23.5 Å². The highest BCUT2D eigenvalue weighted by Gasteiger charge is 2.45. The molecule has 0 aliphatic heterocycles. The van der Waals surface area contributed by atoms with Gasteiger partial charge in [0.05, 0.1) is 12.1 Å². The minimum absolute atomic E-state index is 0.0317. The largest absolute Gasteiger partial charge is 0.287 e. The van der Waals surface area contributed by atoms with E-state index in [9.17, 15) is 20.1 Å². The molecule has 0 bridgehead atoms. The molecule has 0 N–H and O–H groups in total. The van der Waals surface area contributed by atoms with Gasteiger partial charge in [-0.1, -0.05) is 84.2 Å². The lowest BCUT2D eigenvalue weighted by Crippen LogP contribution is -2.17. The molecule has 0 saturated carbocycles. The van der Waals surface area contributed by atoms with Gasteiger partial charge < -0.3 is 0 Å². The maximum absolute atomic E-state index is 11.4. The normalized spacial score (nSPS) is 14.9. The molecule has 6 heteroatoms. The van der Waals surface area contributed by atoms with Gasteiger partial charge in [-0.2, -0.15) is 10.5 Å². The van der Waals surface area contributed by atoms with Crippen LogP contribution in [0.5, 0.6) is 0 Å². The number of carbonyl (C=O) groups excluding carboxylic acids is 2. The molecule has 3 aromatic rings. The lowest BCUT2D eigenvalue weighted by Gasteiger charge is -2.19. The highest BCUT2D eigenvalue weighted by Crippen LogP contribution is 2.51.